The molecule has 1 aliphatic rings. The number of hydrogen-bond donors (Lipinski definition) is 0. The van der Waals surface area contributed by atoms with E-state index >= 15 is 0 Å². The average Bonchev–Trinajstić information content (AvgIpc) is 2.21. The van der Waals surface area contributed by atoms with E-state index in [1.807, 2.05) is 0 Å². The van der Waals surface area contributed by atoms with Crippen molar-refractivity contribution in [3.05, 3.63) is 36.8 Å². The molecule has 1 atom stereocenters. The van der Waals surface area contributed by atoms with Crippen LogP contribution in [0.15, 0.2) is 30.3 Å². The Morgan fingerprint density at radius 2 is 1.92 bits per heavy atom. The Bertz CT molecular complexity index is 237. The Labute approximate surface area is 86.9 Å². The molecule has 1 unspecified atom stereocenters. The summed E-state index contributed by atoms with van der Waals surface area (Å²) < 4.78 is 1.55. The van der Waals surface area contributed by atoms with Crippen molar-refractivity contribution in [3.63, 3.8) is 0 Å². The van der Waals surface area contributed by atoms with E-state index in [9.17, 15) is 0 Å². The molecule has 1 radical (unpaired) electrons. The van der Waals surface area contributed by atoms with Crippen LogP contribution in [0.1, 0.15) is 25.7 Å². The Morgan fingerprint density at radius 1 is 1.08 bits per heavy atom. The SMILES string of the molecule is [CH]1CCCCC1[Se]c1ccccc1. The van der Waals surface area contributed by atoms with Crippen molar-refractivity contribution in [1.29, 1.82) is 0 Å². The summed E-state index contributed by atoms with van der Waals surface area (Å²) in [6.45, 7) is 0. The van der Waals surface area contributed by atoms with Crippen LogP contribution in [-0.2, 0) is 0 Å². The Kier molecular flexibility index (Phi) is 3.46. The first kappa shape index (κ1) is 9.30. The van der Waals surface area contributed by atoms with E-state index in [2.05, 4.69) is 36.8 Å². The van der Waals surface area contributed by atoms with Crippen molar-refractivity contribution in [2.45, 2.75) is 30.5 Å². The topological polar surface area (TPSA) is 0 Å². The molecule has 0 bridgehead atoms. The van der Waals surface area contributed by atoms with Crippen LogP contribution in [0, 0.1) is 6.42 Å². The van der Waals surface area contributed by atoms with Gasteiger partial charge in [-0.2, -0.15) is 0 Å². The fourth-order valence-electron chi connectivity index (χ4n) is 1.69. The van der Waals surface area contributed by atoms with Crippen LogP contribution in [0.4, 0.5) is 0 Å². The van der Waals surface area contributed by atoms with Gasteiger partial charge in [0.2, 0.25) is 0 Å². The molecule has 69 valence electrons. The van der Waals surface area contributed by atoms with Crippen molar-refractivity contribution in [2.75, 3.05) is 0 Å². The third-order valence-electron chi connectivity index (χ3n) is 2.40. The van der Waals surface area contributed by atoms with Gasteiger partial charge < -0.3 is 0 Å². The third kappa shape index (κ3) is 2.86. The van der Waals surface area contributed by atoms with E-state index in [1.165, 1.54) is 25.7 Å². The summed E-state index contributed by atoms with van der Waals surface area (Å²) in [6.07, 6.45) is 8.17. The van der Waals surface area contributed by atoms with E-state index in [1.54, 1.807) is 4.46 Å². The Hall–Kier alpha value is -0.261. The zero-order valence-corrected chi connectivity index (χ0v) is 9.49. The van der Waals surface area contributed by atoms with E-state index in [4.69, 9.17) is 0 Å². The predicted octanol–water partition coefficient (Wildman–Crippen LogP) is 2.58. The van der Waals surface area contributed by atoms with Crippen molar-refractivity contribution < 1.29 is 0 Å². The molecule has 0 saturated heterocycles. The molecule has 0 aromatic heterocycles. The molecule has 1 heteroatoms. The minimum atomic E-state index is 0.682. The predicted molar refractivity (Wildman–Crippen MR) is 58.3 cm³/mol. The van der Waals surface area contributed by atoms with Gasteiger partial charge in [0.15, 0.2) is 0 Å². The zero-order valence-electron chi connectivity index (χ0n) is 7.78. The Balaban J connectivity index is 1.90. The molecule has 0 spiro atoms. The summed E-state index contributed by atoms with van der Waals surface area (Å²) in [4.78, 5) is 0.906. The van der Waals surface area contributed by atoms with Crippen molar-refractivity contribution in [3.8, 4) is 0 Å². The molecule has 0 amide bonds. The molecular formula is C12H15Se. The van der Waals surface area contributed by atoms with Gasteiger partial charge in [-0.1, -0.05) is 0 Å². The van der Waals surface area contributed by atoms with Gasteiger partial charge in [-0.05, 0) is 0 Å². The third-order valence-corrected chi connectivity index (χ3v) is 5.08. The first-order chi connectivity index (χ1) is 6.45. The van der Waals surface area contributed by atoms with Crippen molar-refractivity contribution in [2.24, 2.45) is 0 Å². The maximum atomic E-state index is 2.54. The van der Waals surface area contributed by atoms with Crippen LogP contribution in [-0.4, -0.2) is 15.0 Å². The standard InChI is InChI=1S/C12H15Se/c1-3-7-11(8-4-1)13-12-9-5-2-6-10-12/h1,3-4,7-9,12H,2,5-6,10H2. The van der Waals surface area contributed by atoms with Crippen LogP contribution in [0.5, 0.6) is 0 Å². The minimum absolute atomic E-state index is 0.682. The molecule has 0 nitrogen and oxygen atoms in total. The summed E-state index contributed by atoms with van der Waals surface area (Å²) in [7, 11) is 0. The van der Waals surface area contributed by atoms with Crippen LogP contribution in [0.25, 0.3) is 0 Å². The van der Waals surface area contributed by atoms with Gasteiger partial charge in [0.25, 0.3) is 0 Å². The normalized spacial score (nSPS) is 18.8. The molecule has 1 fully saturated rings. The monoisotopic (exact) mass is 239 g/mol. The van der Waals surface area contributed by atoms with Crippen LogP contribution < -0.4 is 4.46 Å². The summed E-state index contributed by atoms with van der Waals surface area (Å²) in [5.74, 6) is 0. The quantitative estimate of drug-likeness (QED) is 0.695. The van der Waals surface area contributed by atoms with E-state index in [0.717, 1.165) is 4.82 Å². The van der Waals surface area contributed by atoms with Gasteiger partial charge in [0.05, 0.1) is 0 Å². The first-order valence-electron chi connectivity index (χ1n) is 5.00. The molecule has 0 heterocycles. The van der Waals surface area contributed by atoms with Crippen LogP contribution in [0.3, 0.4) is 0 Å². The second-order valence-electron chi connectivity index (χ2n) is 3.49. The number of hydrogen-bond acceptors (Lipinski definition) is 0. The first-order valence-corrected chi connectivity index (χ1v) is 6.85. The maximum absolute atomic E-state index is 2.54. The Morgan fingerprint density at radius 3 is 2.62 bits per heavy atom. The second kappa shape index (κ2) is 4.83. The summed E-state index contributed by atoms with van der Waals surface area (Å²) >= 11 is 0.682. The van der Waals surface area contributed by atoms with E-state index in [-0.39, 0.29) is 0 Å². The van der Waals surface area contributed by atoms with Gasteiger partial charge in [-0.25, -0.2) is 0 Å². The van der Waals surface area contributed by atoms with Gasteiger partial charge in [0.1, 0.15) is 0 Å². The molecular weight excluding hydrogens is 223 g/mol. The summed E-state index contributed by atoms with van der Waals surface area (Å²) in [5.41, 5.74) is 0. The molecule has 0 aliphatic heterocycles. The summed E-state index contributed by atoms with van der Waals surface area (Å²) in [6, 6.07) is 10.9. The van der Waals surface area contributed by atoms with E-state index in [0.29, 0.717) is 15.0 Å². The average molecular weight is 238 g/mol. The fraction of sp³-hybridized carbons (Fsp3) is 0.417. The van der Waals surface area contributed by atoms with Crippen molar-refractivity contribution in [1.82, 2.24) is 0 Å². The van der Waals surface area contributed by atoms with Crippen LogP contribution >= 0.6 is 0 Å². The van der Waals surface area contributed by atoms with Gasteiger partial charge in [0, 0.05) is 0 Å². The number of benzene rings is 1. The molecule has 1 saturated carbocycles. The zero-order chi connectivity index (χ0) is 8.93. The van der Waals surface area contributed by atoms with Gasteiger partial charge >= 0.3 is 86.7 Å². The van der Waals surface area contributed by atoms with E-state index < -0.39 is 0 Å². The molecule has 1 aliphatic carbocycles. The molecule has 1 aromatic rings. The molecule has 2 rings (SSSR count). The number of rotatable bonds is 2. The second-order valence-corrected chi connectivity index (χ2v) is 6.24. The fourth-order valence-corrected chi connectivity index (χ4v) is 4.17. The molecule has 0 N–H and O–H groups in total. The van der Waals surface area contributed by atoms with Gasteiger partial charge in [-0.15, -0.1) is 0 Å². The van der Waals surface area contributed by atoms with Crippen LogP contribution in [0.2, 0.25) is 4.82 Å². The summed E-state index contributed by atoms with van der Waals surface area (Å²) in [5, 5.41) is 0. The molecule has 13 heavy (non-hydrogen) atoms. The van der Waals surface area contributed by atoms with Gasteiger partial charge in [-0.3, -0.25) is 0 Å². The van der Waals surface area contributed by atoms with Crippen molar-refractivity contribution >= 4 is 19.4 Å². The molecule has 1 aromatic carbocycles.